The Labute approximate surface area is 156 Å². The Morgan fingerprint density at radius 3 is 2.62 bits per heavy atom. The van der Waals surface area contributed by atoms with Crippen LogP contribution in [0.1, 0.15) is 31.2 Å². The topological polar surface area (TPSA) is 87.7 Å². The van der Waals surface area contributed by atoms with E-state index >= 15 is 0 Å². The first-order chi connectivity index (χ1) is 12.2. The van der Waals surface area contributed by atoms with Crippen molar-refractivity contribution in [2.24, 2.45) is 0 Å². The lowest BCUT2D eigenvalue weighted by Gasteiger charge is -2.39. The smallest absolute Gasteiger partial charge is 0.213 e. The quantitative estimate of drug-likeness (QED) is 0.742. The van der Waals surface area contributed by atoms with Crippen LogP contribution in [0.4, 0.5) is 0 Å². The lowest BCUT2D eigenvalue weighted by atomic mass is 10.1. The number of sulfone groups is 1. The van der Waals surface area contributed by atoms with Gasteiger partial charge in [0, 0.05) is 37.9 Å². The summed E-state index contributed by atoms with van der Waals surface area (Å²) < 4.78 is 51.2. The fourth-order valence-corrected chi connectivity index (χ4v) is 7.16. The minimum Gasteiger partial charge on any atom is -0.292 e. The van der Waals surface area contributed by atoms with Gasteiger partial charge in [0.05, 0.1) is 22.4 Å². The van der Waals surface area contributed by atoms with Gasteiger partial charge in [0.2, 0.25) is 10.0 Å². The van der Waals surface area contributed by atoms with Crippen LogP contribution in [-0.2, 0) is 26.4 Å². The summed E-state index contributed by atoms with van der Waals surface area (Å²) in [5.41, 5.74) is 1.86. The Bertz CT molecular complexity index is 855. The van der Waals surface area contributed by atoms with E-state index in [1.807, 2.05) is 25.1 Å². The van der Waals surface area contributed by atoms with Gasteiger partial charge in [0.1, 0.15) is 0 Å². The summed E-state index contributed by atoms with van der Waals surface area (Å²) in [5.74, 6) is 0.173. The maximum atomic E-state index is 12.6. The summed E-state index contributed by atoms with van der Waals surface area (Å²) in [6, 6.07) is 5.69. The zero-order valence-corrected chi connectivity index (χ0v) is 17.0. The Morgan fingerprint density at radius 1 is 1.19 bits per heavy atom. The van der Waals surface area contributed by atoms with E-state index in [1.54, 1.807) is 6.92 Å². The molecule has 0 unspecified atom stereocenters. The van der Waals surface area contributed by atoms with Crippen LogP contribution in [0.5, 0.6) is 0 Å². The summed E-state index contributed by atoms with van der Waals surface area (Å²) in [5, 5.41) is -0.502. The monoisotopic (exact) mass is 401 g/mol. The molecule has 3 rings (SSSR count). The Balaban J connectivity index is 1.84. The fourth-order valence-electron chi connectivity index (χ4n) is 3.99. The number of rotatable bonds is 4. The normalized spacial score (nSPS) is 27.6. The minimum atomic E-state index is -3.30. The van der Waals surface area contributed by atoms with Crippen molar-refractivity contribution < 1.29 is 16.8 Å². The molecule has 0 spiro atoms. The number of pyridine rings is 1. The molecule has 0 bridgehead atoms. The van der Waals surface area contributed by atoms with Crippen molar-refractivity contribution in [1.82, 2.24) is 14.2 Å². The number of nitrogens with zero attached hydrogens (tertiary/aromatic N) is 3. The molecule has 2 aliphatic rings. The van der Waals surface area contributed by atoms with E-state index in [4.69, 9.17) is 0 Å². The van der Waals surface area contributed by atoms with Crippen molar-refractivity contribution in [3.63, 3.8) is 0 Å². The van der Waals surface area contributed by atoms with Crippen LogP contribution in [0.3, 0.4) is 0 Å². The van der Waals surface area contributed by atoms with Crippen LogP contribution in [0, 0.1) is 6.92 Å². The van der Waals surface area contributed by atoms with Crippen LogP contribution < -0.4 is 0 Å². The highest BCUT2D eigenvalue weighted by Crippen LogP contribution is 2.29. The van der Waals surface area contributed by atoms with Gasteiger partial charge in [-0.05, 0) is 38.8 Å². The summed E-state index contributed by atoms with van der Waals surface area (Å²) in [7, 11) is -6.50. The molecule has 1 aromatic heterocycles. The van der Waals surface area contributed by atoms with E-state index in [0.29, 0.717) is 32.5 Å². The predicted molar refractivity (Wildman–Crippen MR) is 101 cm³/mol. The molecular formula is C17H27N3O4S2. The van der Waals surface area contributed by atoms with Crippen molar-refractivity contribution in [2.75, 3.05) is 31.1 Å². The van der Waals surface area contributed by atoms with Crippen molar-refractivity contribution in [1.29, 1.82) is 0 Å². The van der Waals surface area contributed by atoms with Gasteiger partial charge < -0.3 is 0 Å². The number of aromatic nitrogens is 1. The highest BCUT2D eigenvalue weighted by molar-refractivity contribution is 7.92. The molecule has 2 fully saturated rings. The molecule has 0 aliphatic carbocycles. The summed E-state index contributed by atoms with van der Waals surface area (Å²) in [4.78, 5) is 6.71. The van der Waals surface area contributed by atoms with E-state index in [9.17, 15) is 16.8 Å². The standard InChI is InChI=1S/C17H27N3O4S2/c1-3-26(23,24)20-9-7-16-17(8-10-20)25(21,22)12-11-19(16)13-15-6-4-5-14(2)18-15/h4-6,16-17H,3,7-13H2,1-2H3/t16-,17+/m0/s1. The van der Waals surface area contributed by atoms with Gasteiger partial charge in [-0.15, -0.1) is 0 Å². The van der Waals surface area contributed by atoms with E-state index in [1.165, 1.54) is 4.31 Å². The van der Waals surface area contributed by atoms with Crippen molar-refractivity contribution in [2.45, 2.75) is 44.5 Å². The third-order valence-electron chi connectivity index (χ3n) is 5.43. The molecule has 2 aliphatic heterocycles. The molecule has 0 aromatic carbocycles. The fraction of sp³-hybridized carbons (Fsp3) is 0.706. The van der Waals surface area contributed by atoms with E-state index in [-0.39, 0.29) is 24.1 Å². The molecular weight excluding hydrogens is 374 g/mol. The molecule has 3 heterocycles. The maximum absolute atomic E-state index is 12.6. The molecule has 7 nitrogen and oxygen atoms in total. The van der Waals surface area contributed by atoms with Gasteiger partial charge in [-0.25, -0.2) is 21.1 Å². The molecule has 2 saturated heterocycles. The summed E-state index contributed by atoms with van der Waals surface area (Å²) in [6.07, 6.45) is 0.902. The van der Waals surface area contributed by atoms with Crippen molar-refractivity contribution >= 4 is 19.9 Å². The van der Waals surface area contributed by atoms with E-state index < -0.39 is 25.1 Å². The third-order valence-corrected chi connectivity index (χ3v) is 9.53. The van der Waals surface area contributed by atoms with Crippen molar-refractivity contribution in [3.8, 4) is 0 Å². The van der Waals surface area contributed by atoms with Crippen LogP contribution in [-0.4, -0.2) is 73.5 Å². The second-order valence-electron chi connectivity index (χ2n) is 7.09. The zero-order chi connectivity index (χ0) is 18.9. The Morgan fingerprint density at radius 2 is 1.92 bits per heavy atom. The van der Waals surface area contributed by atoms with E-state index in [2.05, 4.69) is 9.88 Å². The number of sulfonamides is 1. The molecule has 0 N–H and O–H groups in total. The summed E-state index contributed by atoms with van der Waals surface area (Å²) in [6.45, 7) is 5.29. The molecule has 1 aromatic rings. The molecule has 0 saturated carbocycles. The van der Waals surface area contributed by atoms with Gasteiger partial charge in [0.15, 0.2) is 9.84 Å². The average Bonchev–Trinajstić information content (AvgIpc) is 2.82. The lowest BCUT2D eigenvalue weighted by molar-refractivity contribution is 0.171. The second-order valence-corrected chi connectivity index (χ2v) is 11.7. The SMILES string of the molecule is CCS(=O)(=O)N1CC[C@@H]2[C@H](CC1)N(Cc1cccc(C)n1)CCS2(=O)=O. The van der Waals surface area contributed by atoms with Gasteiger partial charge in [-0.3, -0.25) is 9.88 Å². The maximum Gasteiger partial charge on any atom is 0.213 e. The molecule has 26 heavy (non-hydrogen) atoms. The number of hydrogen-bond donors (Lipinski definition) is 0. The first-order valence-corrected chi connectivity index (χ1v) is 12.4. The molecule has 146 valence electrons. The summed E-state index contributed by atoms with van der Waals surface area (Å²) >= 11 is 0. The largest absolute Gasteiger partial charge is 0.292 e. The number of fused-ring (bicyclic) bond motifs is 1. The van der Waals surface area contributed by atoms with Crippen molar-refractivity contribution in [3.05, 3.63) is 29.6 Å². The highest BCUT2D eigenvalue weighted by atomic mass is 32.2. The van der Waals surface area contributed by atoms with Gasteiger partial charge in [-0.2, -0.15) is 0 Å². The second kappa shape index (κ2) is 7.53. The van der Waals surface area contributed by atoms with Gasteiger partial charge in [-0.1, -0.05) is 6.07 Å². The van der Waals surface area contributed by atoms with Crippen LogP contribution in [0.15, 0.2) is 18.2 Å². The van der Waals surface area contributed by atoms with Crippen LogP contribution in [0.25, 0.3) is 0 Å². The Kier molecular flexibility index (Phi) is 5.72. The molecule has 9 heteroatoms. The average molecular weight is 402 g/mol. The van der Waals surface area contributed by atoms with E-state index in [0.717, 1.165) is 11.4 Å². The molecule has 0 amide bonds. The third kappa shape index (κ3) is 4.11. The zero-order valence-electron chi connectivity index (χ0n) is 15.3. The lowest BCUT2D eigenvalue weighted by Crippen LogP contribution is -2.54. The highest BCUT2D eigenvalue weighted by Gasteiger charge is 2.43. The number of hydrogen-bond acceptors (Lipinski definition) is 6. The minimum absolute atomic E-state index is 0.0476. The van der Waals surface area contributed by atoms with Crippen LogP contribution >= 0.6 is 0 Å². The molecule has 2 atom stereocenters. The van der Waals surface area contributed by atoms with Gasteiger partial charge >= 0.3 is 0 Å². The first-order valence-electron chi connectivity index (χ1n) is 9.09. The first kappa shape index (κ1) is 19.7. The van der Waals surface area contributed by atoms with Gasteiger partial charge in [0.25, 0.3) is 0 Å². The van der Waals surface area contributed by atoms with Crippen LogP contribution in [0.2, 0.25) is 0 Å². The Hall–Kier alpha value is -1.03. The number of aryl methyl sites for hydroxylation is 1. The molecule has 0 radical (unpaired) electrons. The predicted octanol–water partition coefficient (Wildman–Crippen LogP) is 0.803.